The number of carbonyl (C=O) groups is 2. The summed E-state index contributed by atoms with van der Waals surface area (Å²) in [5, 5.41) is 1.10. The van der Waals surface area contributed by atoms with Crippen LogP contribution in [0, 0.1) is 13.8 Å². The summed E-state index contributed by atoms with van der Waals surface area (Å²) in [5.74, 6) is -0.454. The van der Waals surface area contributed by atoms with Crippen LogP contribution in [0.1, 0.15) is 51.0 Å². The zero-order valence-corrected chi connectivity index (χ0v) is 19.2. The fourth-order valence-corrected chi connectivity index (χ4v) is 5.00. The van der Waals surface area contributed by atoms with Crippen LogP contribution in [0.4, 0.5) is 0 Å². The van der Waals surface area contributed by atoms with Crippen molar-refractivity contribution in [1.82, 2.24) is 19.8 Å². The molecule has 0 spiro atoms. The van der Waals surface area contributed by atoms with Crippen LogP contribution in [-0.4, -0.2) is 63.9 Å². The molecule has 8 heteroatoms. The number of carbonyl (C=O) groups excluding carboxylic acids is 2. The van der Waals surface area contributed by atoms with Crippen molar-refractivity contribution in [2.75, 3.05) is 26.2 Å². The third-order valence-electron chi connectivity index (χ3n) is 5.55. The Hall–Kier alpha value is -2.71. The summed E-state index contributed by atoms with van der Waals surface area (Å²) in [7, 11) is 0. The minimum atomic E-state index is -0.388. The summed E-state index contributed by atoms with van der Waals surface area (Å²) in [5.41, 5.74) is 3.31. The first-order chi connectivity index (χ1) is 14.8. The van der Waals surface area contributed by atoms with E-state index in [1.54, 1.807) is 25.2 Å². The highest BCUT2D eigenvalue weighted by Gasteiger charge is 2.28. The fraction of sp³-hybridized carbons (Fsp3) is 0.435. The van der Waals surface area contributed by atoms with Gasteiger partial charge in [0.1, 0.15) is 10.7 Å². The van der Waals surface area contributed by atoms with Gasteiger partial charge in [-0.2, -0.15) is 0 Å². The van der Waals surface area contributed by atoms with Gasteiger partial charge in [-0.1, -0.05) is 12.1 Å². The van der Waals surface area contributed by atoms with Crippen molar-refractivity contribution in [2.45, 2.75) is 40.3 Å². The number of aromatic nitrogens is 2. The van der Waals surface area contributed by atoms with Gasteiger partial charge in [0.2, 0.25) is 0 Å². The number of hydrogen-bond donors (Lipinski definition) is 1. The Bertz CT molecular complexity index is 1080. The molecule has 3 aromatic rings. The van der Waals surface area contributed by atoms with Gasteiger partial charge >= 0.3 is 5.97 Å². The van der Waals surface area contributed by atoms with Crippen LogP contribution >= 0.6 is 11.3 Å². The summed E-state index contributed by atoms with van der Waals surface area (Å²) in [4.78, 5) is 37.6. The van der Waals surface area contributed by atoms with Gasteiger partial charge in [0, 0.05) is 31.9 Å². The van der Waals surface area contributed by atoms with Gasteiger partial charge in [-0.25, -0.2) is 9.78 Å². The van der Waals surface area contributed by atoms with Gasteiger partial charge in [0.25, 0.3) is 5.91 Å². The Morgan fingerprint density at radius 3 is 2.55 bits per heavy atom. The number of hydrogen-bond acceptors (Lipinski definition) is 6. The van der Waals surface area contributed by atoms with E-state index >= 15 is 0 Å². The highest BCUT2D eigenvalue weighted by Crippen LogP contribution is 2.24. The van der Waals surface area contributed by atoms with E-state index in [-0.39, 0.29) is 18.0 Å². The lowest BCUT2D eigenvalue weighted by Crippen LogP contribution is -2.48. The number of benzene rings is 1. The minimum Gasteiger partial charge on any atom is -0.459 e. The van der Waals surface area contributed by atoms with Crippen LogP contribution in [-0.2, 0) is 11.3 Å². The third-order valence-corrected chi connectivity index (χ3v) is 6.58. The third kappa shape index (κ3) is 4.50. The Balaban J connectivity index is 1.39. The van der Waals surface area contributed by atoms with E-state index in [2.05, 4.69) is 16.0 Å². The standard InChI is InChI=1S/C23H28N4O3S/c1-14(2)30-23(29)20-15(3)21(24-16(20)4)22(28)27-11-9-26(10-12-27)13-19-25-17-7-5-6-8-18(17)31-19/h5-8,14,24H,9-13H2,1-4H3. The maximum absolute atomic E-state index is 13.1. The number of rotatable bonds is 5. The van der Waals surface area contributed by atoms with Crippen LogP contribution in [0.15, 0.2) is 24.3 Å². The number of fused-ring (bicyclic) bond motifs is 1. The summed E-state index contributed by atoms with van der Waals surface area (Å²) >= 11 is 1.73. The van der Waals surface area contributed by atoms with Crippen LogP contribution in [0.25, 0.3) is 10.2 Å². The molecule has 1 fully saturated rings. The van der Waals surface area contributed by atoms with Gasteiger partial charge in [-0.3, -0.25) is 9.69 Å². The number of H-pyrrole nitrogens is 1. The predicted octanol–water partition coefficient (Wildman–Crippen LogP) is 3.76. The maximum Gasteiger partial charge on any atom is 0.340 e. The van der Waals surface area contributed by atoms with E-state index in [0.717, 1.165) is 30.2 Å². The van der Waals surface area contributed by atoms with Gasteiger partial charge in [0.15, 0.2) is 0 Å². The molecule has 1 aromatic carbocycles. The molecule has 7 nitrogen and oxygen atoms in total. The number of amides is 1. The largest absolute Gasteiger partial charge is 0.459 e. The Kier molecular flexibility index (Phi) is 6.11. The predicted molar refractivity (Wildman–Crippen MR) is 122 cm³/mol. The molecule has 3 heterocycles. The summed E-state index contributed by atoms with van der Waals surface area (Å²) in [6.07, 6.45) is -0.205. The number of para-hydroxylation sites is 1. The number of esters is 1. The molecule has 164 valence electrons. The lowest BCUT2D eigenvalue weighted by molar-refractivity contribution is 0.0376. The highest BCUT2D eigenvalue weighted by atomic mass is 32.1. The second kappa shape index (κ2) is 8.80. The van der Waals surface area contributed by atoms with Crippen molar-refractivity contribution in [3.63, 3.8) is 0 Å². The monoisotopic (exact) mass is 440 g/mol. The van der Waals surface area contributed by atoms with E-state index in [1.165, 1.54) is 4.70 Å². The molecule has 0 bridgehead atoms. The molecule has 0 unspecified atom stereocenters. The second-order valence-electron chi connectivity index (χ2n) is 8.22. The molecular weight excluding hydrogens is 412 g/mol. The average molecular weight is 441 g/mol. The molecule has 31 heavy (non-hydrogen) atoms. The number of aryl methyl sites for hydroxylation is 1. The lowest BCUT2D eigenvalue weighted by Gasteiger charge is -2.34. The molecular formula is C23H28N4O3S. The SMILES string of the molecule is Cc1[nH]c(C(=O)N2CCN(Cc3nc4ccccc4s3)CC2)c(C)c1C(=O)OC(C)C. The highest BCUT2D eigenvalue weighted by molar-refractivity contribution is 7.18. The van der Waals surface area contributed by atoms with E-state index in [1.807, 2.05) is 36.9 Å². The first kappa shape index (κ1) is 21.5. The number of thiazole rings is 1. The number of nitrogens with one attached hydrogen (secondary N) is 1. The average Bonchev–Trinajstić information content (AvgIpc) is 3.27. The Labute approximate surface area is 186 Å². The zero-order chi connectivity index (χ0) is 22.1. The van der Waals surface area contributed by atoms with Crippen LogP contribution < -0.4 is 0 Å². The van der Waals surface area contributed by atoms with E-state index < -0.39 is 0 Å². The van der Waals surface area contributed by atoms with Gasteiger partial charge < -0.3 is 14.6 Å². The molecule has 1 aliphatic heterocycles. The summed E-state index contributed by atoms with van der Waals surface area (Å²) in [6, 6.07) is 8.18. The number of nitrogens with zero attached hydrogens (tertiary/aromatic N) is 3. The molecule has 1 saturated heterocycles. The Morgan fingerprint density at radius 2 is 1.87 bits per heavy atom. The van der Waals surface area contributed by atoms with E-state index in [9.17, 15) is 9.59 Å². The molecule has 2 aromatic heterocycles. The molecule has 4 rings (SSSR count). The summed E-state index contributed by atoms with van der Waals surface area (Å²) < 4.78 is 6.54. The minimum absolute atomic E-state index is 0.0659. The fourth-order valence-electron chi connectivity index (χ4n) is 3.99. The number of piperazine rings is 1. The second-order valence-corrected chi connectivity index (χ2v) is 9.34. The Morgan fingerprint density at radius 1 is 1.16 bits per heavy atom. The van der Waals surface area contributed by atoms with Crippen LogP contribution in [0.3, 0.4) is 0 Å². The molecule has 0 aliphatic carbocycles. The lowest BCUT2D eigenvalue weighted by atomic mass is 10.1. The number of ether oxygens (including phenoxy) is 1. The van der Waals surface area contributed by atoms with Crippen LogP contribution in [0.5, 0.6) is 0 Å². The smallest absolute Gasteiger partial charge is 0.340 e. The van der Waals surface area contributed by atoms with Crippen LogP contribution in [0.2, 0.25) is 0 Å². The number of aromatic amines is 1. The molecule has 1 N–H and O–H groups in total. The molecule has 0 radical (unpaired) electrons. The van der Waals surface area contributed by atoms with Crippen molar-refractivity contribution in [3.8, 4) is 0 Å². The van der Waals surface area contributed by atoms with Crippen molar-refractivity contribution in [1.29, 1.82) is 0 Å². The zero-order valence-electron chi connectivity index (χ0n) is 18.4. The van der Waals surface area contributed by atoms with Crippen molar-refractivity contribution < 1.29 is 14.3 Å². The van der Waals surface area contributed by atoms with E-state index in [4.69, 9.17) is 9.72 Å². The topological polar surface area (TPSA) is 78.5 Å². The van der Waals surface area contributed by atoms with Crippen molar-refractivity contribution >= 4 is 33.4 Å². The maximum atomic E-state index is 13.1. The first-order valence-corrected chi connectivity index (χ1v) is 11.4. The quantitative estimate of drug-likeness (QED) is 0.611. The molecule has 1 amide bonds. The normalized spacial score (nSPS) is 15.1. The van der Waals surface area contributed by atoms with Crippen molar-refractivity contribution in [2.24, 2.45) is 0 Å². The molecule has 0 atom stereocenters. The van der Waals surface area contributed by atoms with E-state index in [0.29, 0.717) is 35.6 Å². The van der Waals surface area contributed by atoms with Gasteiger partial charge in [0.05, 0.1) is 28.4 Å². The van der Waals surface area contributed by atoms with Gasteiger partial charge in [-0.15, -0.1) is 11.3 Å². The van der Waals surface area contributed by atoms with Crippen molar-refractivity contribution in [3.05, 3.63) is 51.8 Å². The first-order valence-electron chi connectivity index (χ1n) is 10.6. The summed E-state index contributed by atoms with van der Waals surface area (Å²) in [6.45, 7) is 10.9. The molecule has 0 saturated carbocycles. The molecule has 1 aliphatic rings. The van der Waals surface area contributed by atoms with Gasteiger partial charge in [-0.05, 0) is 45.4 Å².